The number of anilines is 1. The van der Waals surface area contributed by atoms with Gasteiger partial charge in [-0.05, 0) is 35.0 Å². The van der Waals surface area contributed by atoms with Crippen LogP contribution in [0.5, 0.6) is 5.75 Å². The van der Waals surface area contributed by atoms with E-state index in [0.717, 1.165) is 26.4 Å². The first-order valence-electron chi connectivity index (χ1n) is 8.78. The average molecular weight is 414 g/mol. The van der Waals surface area contributed by atoms with Crippen molar-refractivity contribution < 1.29 is 14.3 Å². The van der Waals surface area contributed by atoms with Gasteiger partial charge in [-0.1, -0.05) is 53.4 Å². The second-order valence-electron chi connectivity index (χ2n) is 6.09. The molecule has 2 N–H and O–H groups in total. The minimum absolute atomic E-state index is 0.230. The first-order chi connectivity index (χ1) is 13.8. The molecule has 1 atom stereocenters. The minimum atomic E-state index is -0.597. The van der Waals surface area contributed by atoms with E-state index in [1.54, 1.807) is 6.26 Å². The van der Waals surface area contributed by atoms with E-state index >= 15 is 0 Å². The third-order valence-electron chi connectivity index (χ3n) is 3.96. The summed E-state index contributed by atoms with van der Waals surface area (Å²) in [5.41, 5.74) is 0. The van der Waals surface area contributed by atoms with Crippen molar-refractivity contribution in [2.75, 3.05) is 17.7 Å². The molecule has 0 saturated carbocycles. The van der Waals surface area contributed by atoms with Crippen molar-refractivity contribution in [2.24, 2.45) is 0 Å². The number of ether oxygens (including phenoxy) is 1. The highest BCUT2D eigenvalue weighted by Gasteiger charge is 2.10. The maximum Gasteiger partial charge on any atom is 0.206 e. The van der Waals surface area contributed by atoms with Crippen molar-refractivity contribution in [1.29, 1.82) is 0 Å². The van der Waals surface area contributed by atoms with E-state index in [0.29, 0.717) is 12.3 Å². The average Bonchev–Trinajstić information content (AvgIpc) is 3.41. The fraction of sp³-hybridized carbons (Fsp3) is 0.200. The number of aliphatic hydroxyl groups is 1. The second kappa shape index (κ2) is 9.09. The Morgan fingerprint density at radius 3 is 2.86 bits per heavy atom. The van der Waals surface area contributed by atoms with Crippen LogP contribution < -0.4 is 10.1 Å². The van der Waals surface area contributed by atoms with Crippen LogP contribution in [0.2, 0.25) is 0 Å². The molecule has 2 heterocycles. The summed E-state index contributed by atoms with van der Waals surface area (Å²) in [7, 11) is 0. The molecule has 4 rings (SSSR count). The van der Waals surface area contributed by atoms with Crippen LogP contribution in [0.4, 0.5) is 5.13 Å². The van der Waals surface area contributed by atoms with Crippen molar-refractivity contribution in [2.45, 2.75) is 17.0 Å². The van der Waals surface area contributed by atoms with E-state index in [1.807, 2.05) is 48.5 Å². The number of thioether (sulfide) groups is 1. The molecule has 0 aliphatic heterocycles. The quantitative estimate of drug-likeness (QED) is 0.393. The molecule has 28 heavy (non-hydrogen) atoms. The van der Waals surface area contributed by atoms with E-state index in [2.05, 4.69) is 21.6 Å². The van der Waals surface area contributed by atoms with E-state index in [-0.39, 0.29) is 6.61 Å². The van der Waals surface area contributed by atoms with Gasteiger partial charge in [0.25, 0.3) is 0 Å². The standard InChI is InChI=1S/C20H19N3O3S2/c24-16(12-26-17-8-7-14-4-1-2-5-15(14)10-17)13-27-20-23-22-19(28-20)21-11-18-6-3-9-25-18/h1-10,16,24H,11-13H2,(H,21,22). The SMILES string of the molecule is OC(COc1ccc2ccccc2c1)CSc1nnc(NCc2ccco2)s1. The van der Waals surface area contributed by atoms with E-state index in [1.165, 1.54) is 28.5 Å². The number of aliphatic hydroxyl groups excluding tert-OH is 1. The van der Waals surface area contributed by atoms with Crippen LogP contribution in [0.3, 0.4) is 0 Å². The summed E-state index contributed by atoms with van der Waals surface area (Å²) >= 11 is 2.91. The monoisotopic (exact) mass is 413 g/mol. The summed E-state index contributed by atoms with van der Waals surface area (Å²) in [5.74, 6) is 2.08. The Balaban J connectivity index is 1.22. The lowest BCUT2D eigenvalue weighted by molar-refractivity contribution is 0.126. The molecule has 0 spiro atoms. The predicted octanol–water partition coefficient (Wildman–Crippen LogP) is 4.43. The Bertz CT molecular complexity index is 1020. The van der Waals surface area contributed by atoms with Crippen molar-refractivity contribution >= 4 is 39.0 Å². The zero-order valence-electron chi connectivity index (χ0n) is 14.9. The molecular weight excluding hydrogens is 394 g/mol. The molecule has 2 aromatic carbocycles. The fourth-order valence-corrected chi connectivity index (χ4v) is 4.26. The molecule has 0 bridgehead atoms. The minimum Gasteiger partial charge on any atom is -0.491 e. The van der Waals surface area contributed by atoms with Gasteiger partial charge < -0.3 is 19.6 Å². The van der Waals surface area contributed by atoms with Gasteiger partial charge in [0, 0.05) is 5.75 Å². The Morgan fingerprint density at radius 2 is 2.00 bits per heavy atom. The van der Waals surface area contributed by atoms with Crippen LogP contribution in [0.25, 0.3) is 10.8 Å². The Hall–Kier alpha value is -2.55. The van der Waals surface area contributed by atoms with Crippen LogP contribution in [0.15, 0.2) is 69.6 Å². The Labute approximate surface area is 170 Å². The molecule has 0 radical (unpaired) electrons. The first kappa shape index (κ1) is 18.8. The highest BCUT2D eigenvalue weighted by Crippen LogP contribution is 2.27. The lowest BCUT2D eigenvalue weighted by atomic mass is 10.1. The molecule has 0 saturated heterocycles. The summed E-state index contributed by atoms with van der Waals surface area (Å²) < 4.78 is 11.8. The number of fused-ring (bicyclic) bond motifs is 1. The maximum atomic E-state index is 10.2. The Morgan fingerprint density at radius 1 is 1.11 bits per heavy atom. The van der Waals surface area contributed by atoms with Gasteiger partial charge in [0.05, 0.1) is 18.9 Å². The van der Waals surface area contributed by atoms with Gasteiger partial charge in [-0.3, -0.25) is 0 Å². The summed E-state index contributed by atoms with van der Waals surface area (Å²) in [4.78, 5) is 0. The number of benzene rings is 2. The van der Waals surface area contributed by atoms with E-state index in [4.69, 9.17) is 9.15 Å². The van der Waals surface area contributed by atoms with Crippen LogP contribution >= 0.6 is 23.1 Å². The maximum absolute atomic E-state index is 10.2. The van der Waals surface area contributed by atoms with E-state index in [9.17, 15) is 5.11 Å². The molecule has 0 aliphatic rings. The number of nitrogens with zero attached hydrogens (tertiary/aromatic N) is 2. The van der Waals surface area contributed by atoms with E-state index < -0.39 is 6.10 Å². The lowest BCUT2D eigenvalue weighted by Crippen LogP contribution is -2.20. The number of hydrogen-bond acceptors (Lipinski definition) is 8. The van der Waals surface area contributed by atoms with Crippen LogP contribution in [-0.4, -0.2) is 33.8 Å². The molecule has 0 fully saturated rings. The summed E-state index contributed by atoms with van der Waals surface area (Å²) in [6, 6.07) is 17.8. The fourth-order valence-electron chi connectivity index (χ4n) is 2.58. The molecule has 144 valence electrons. The topological polar surface area (TPSA) is 80.4 Å². The van der Waals surface area contributed by atoms with Gasteiger partial charge in [0.1, 0.15) is 18.1 Å². The van der Waals surface area contributed by atoms with Gasteiger partial charge in [0.15, 0.2) is 4.34 Å². The zero-order chi connectivity index (χ0) is 19.2. The zero-order valence-corrected chi connectivity index (χ0v) is 16.6. The molecule has 1 unspecified atom stereocenters. The van der Waals surface area contributed by atoms with Crippen LogP contribution in [-0.2, 0) is 6.54 Å². The van der Waals surface area contributed by atoms with Gasteiger partial charge in [-0.25, -0.2) is 0 Å². The van der Waals surface area contributed by atoms with Gasteiger partial charge in [0.2, 0.25) is 5.13 Å². The molecule has 8 heteroatoms. The van der Waals surface area contributed by atoms with Crippen molar-refractivity contribution in [1.82, 2.24) is 10.2 Å². The highest BCUT2D eigenvalue weighted by molar-refractivity contribution is 8.01. The molecule has 2 aromatic heterocycles. The third-order valence-corrected chi connectivity index (χ3v) is 6.12. The third kappa shape index (κ3) is 5.03. The molecule has 0 aliphatic carbocycles. The lowest BCUT2D eigenvalue weighted by Gasteiger charge is -2.11. The first-order valence-corrected chi connectivity index (χ1v) is 10.6. The highest BCUT2D eigenvalue weighted by atomic mass is 32.2. The summed E-state index contributed by atoms with van der Waals surface area (Å²) in [6.07, 6.45) is 1.04. The van der Waals surface area contributed by atoms with Crippen molar-refractivity contribution in [3.63, 3.8) is 0 Å². The molecule has 4 aromatic rings. The molecular formula is C20H19N3O3S2. The number of nitrogens with one attached hydrogen (secondary N) is 1. The van der Waals surface area contributed by atoms with Gasteiger partial charge in [-0.2, -0.15) is 0 Å². The smallest absolute Gasteiger partial charge is 0.206 e. The van der Waals surface area contributed by atoms with Crippen LogP contribution in [0.1, 0.15) is 5.76 Å². The molecule has 6 nitrogen and oxygen atoms in total. The second-order valence-corrected chi connectivity index (χ2v) is 8.34. The largest absolute Gasteiger partial charge is 0.491 e. The normalized spacial score (nSPS) is 12.2. The number of rotatable bonds is 9. The number of aromatic nitrogens is 2. The van der Waals surface area contributed by atoms with Crippen molar-refractivity contribution in [3.8, 4) is 5.75 Å². The predicted molar refractivity (Wildman–Crippen MR) is 112 cm³/mol. The van der Waals surface area contributed by atoms with Crippen LogP contribution in [0, 0.1) is 0 Å². The number of furan rings is 1. The summed E-state index contributed by atoms with van der Waals surface area (Å²) in [6.45, 7) is 0.794. The number of hydrogen-bond donors (Lipinski definition) is 2. The molecule has 0 amide bonds. The summed E-state index contributed by atoms with van der Waals surface area (Å²) in [5, 5.41) is 24.6. The Kier molecular flexibility index (Phi) is 6.11. The van der Waals surface area contributed by atoms with Gasteiger partial charge in [-0.15, -0.1) is 10.2 Å². The van der Waals surface area contributed by atoms with Crippen molar-refractivity contribution in [3.05, 3.63) is 66.6 Å². The van der Waals surface area contributed by atoms with Gasteiger partial charge >= 0.3 is 0 Å².